The predicted octanol–water partition coefficient (Wildman–Crippen LogP) is 3.97. The Bertz CT molecular complexity index is 642. The second-order valence-corrected chi connectivity index (χ2v) is 4.60. The van der Waals surface area contributed by atoms with Crippen LogP contribution in [-0.2, 0) is 6.42 Å². The number of benzene rings is 2. The molecule has 0 aliphatic carbocycles. The molecule has 3 heteroatoms. The number of hydrogen-bond acceptors (Lipinski definition) is 3. The molecule has 0 amide bonds. The van der Waals surface area contributed by atoms with Crippen molar-refractivity contribution in [2.75, 3.05) is 0 Å². The number of aliphatic hydroxyl groups is 1. The first-order valence-electron chi connectivity index (χ1n) is 6.63. The van der Waals surface area contributed by atoms with Crippen LogP contribution < -0.4 is 4.74 Å². The fourth-order valence-electron chi connectivity index (χ4n) is 2.05. The summed E-state index contributed by atoms with van der Waals surface area (Å²) in [4.78, 5) is 0. The van der Waals surface area contributed by atoms with Crippen molar-refractivity contribution in [2.24, 2.45) is 0 Å². The zero-order chi connectivity index (χ0) is 14.5. The van der Waals surface area contributed by atoms with Crippen LogP contribution in [0, 0.1) is 11.3 Å². The van der Waals surface area contributed by atoms with Crippen LogP contribution in [0.4, 0.5) is 0 Å². The third-order valence-electron chi connectivity index (χ3n) is 3.17. The van der Waals surface area contributed by atoms with Gasteiger partial charge in [-0.25, -0.2) is 0 Å². The van der Waals surface area contributed by atoms with E-state index in [0.29, 0.717) is 16.9 Å². The van der Waals surface area contributed by atoms with Gasteiger partial charge in [0.1, 0.15) is 11.5 Å². The summed E-state index contributed by atoms with van der Waals surface area (Å²) >= 11 is 0. The van der Waals surface area contributed by atoms with Crippen molar-refractivity contribution in [2.45, 2.75) is 26.4 Å². The van der Waals surface area contributed by atoms with E-state index in [4.69, 9.17) is 10.00 Å². The lowest BCUT2D eigenvalue weighted by atomic mass is 10.1. The molecule has 102 valence electrons. The highest BCUT2D eigenvalue weighted by molar-refractivity contribution is 5.46. The number of nitriles is 1. The number of para-hydroxylation sites is 1. The molecule has 0 saturated carbocycles. The number of nitrogens with zero attached hydrogens (tertiary/aromatic N) is 1. The van der Waals surface area contributed by atoms with Gasteiger partial charge in [-0.3, -0.25) is 0 Å². The third kappa shape index (κ3) is 2.98. The normalized spacial score (nSPS) is 11.7. The monoisotopic (exact) mass is 267 g/mol. The molecular formula is C17H17NO2. The molecule has 3 nitrogen and oxygen atoms in total. The van der Waals surface area contributed by atoms with Crippen molar-refractivity contribution in [1.29, 1.82) is 5.26 Å². The maximum atomic E-state index is 9.81. The summed E-state index contributed by atoms with van der Waals surface area (Å²) in [6.45, 7) is 3.74. The van der Waals surface area contributed by atoms with Crippen molar-refractivity contribution in [3.8, 4) is 17.6 Å². The molecule has 0 aliphatic rings. The second-order valence-electron chi connectivity index (χ2n) is 4.60. The summed E-state index contributed by atoms with van der Waals surface area (Å²) in [6.07, 6.45) is 0.213. The van der Waals surface area contributed by atoms with Crippen LogP contribution >= 0.6 is 0 Å². The van der Waals surface area contributed by atoms with E-state index in [1.807, 2.05) is 24.3 Å². The van der Waals surface area contributed by atoms with E-state index < -0.39 is 6.10 Å². The topological polar surface area (TPSA) is 53.2 Å². The van der Waals surface area contributed by atoms with Gasteiger partial charge < -0.3 is 9.84 Å². The summed E-state index contributed by atoms with van der Waals surface area (Å²) in [5.74, 6) is 1.28. The summed E-state index contributed by atoms with van der Waals surface area (Å²) < 4.78 is 5.92. The van der Waals surface area contributed by atoms with E-state index in [9.17, 15) is 5.11 Å². The Morgan fingerprint density at radius 1 is 1.20 bits per heavy atom. The largest absolute Gasteiger partial charge is 0.457 e. The molecule has 0 heterocycles. The fourth-order valence-corrected chi connectivity index (χ4v) is 2.05. The Kier molecular flexibility index (Phi) is 4.39. The van der Waals surface area contributed by atoms with E-state index in [1.54, 1.807) is 25.1 Å². The minimum atomic E-state index is -0.647. The quantitative estimate of drug-likeness (QED) is 0.912. The van der Waals surface area contributed by atoms with Gasteiger partial charge >= 0.3 is 0 Å². The minimum absolute atomic E-state index is 0.512. The molecule has 1 atom stereocenters. The lowest BCUT2D eigenvalue weighted by Crippen LogP contribution is -1.98. The Morgan fingerprint density at radius 2 is 1.95 bits per heavy atom. The maximum Gasteiger partial charge on any atom is 0.134 e. The first-order valence-corrected chi connectivity index (χ1v) is 6.63. The molecule has 2 aromatic carbocycles. The maximum absolute atomic E-state index is 9.81. The molecule has 2 aromatic rings. The molecule has 0 unspecified atom stereocenters. The van der Waals surface area contributed by atoms with Crippen molar-refractivity contribution < 1.29 is 9.84 Å². The molecular weight excluding hydrogens is 250 g/mol. The van der Waals surface area contributed by atoms with Crippen LogP contribution in [0.25, 0.3) is 0 Å². The Balaban J connectivity index is 2.44. The fraction of sp³-hybridized carbons (Fsp3) is 0.235. The zero-order valence-electron chi connectivity index (χ0n) is 11.6. The van der Waals surface area contributed by atoms with Gasteiger partial charge in [0, 0.05) is 5.56 Å². The molecule has 0 radical (unpaired) electrons. The standard InChI is InChI=1S/C17H17NO2/c1-3-14-6-4-5-7-16(14)20-17-10-13(11-18)8-9-15(17)12(2)19/h4-10,12,19H,3H2,1-2H3/t12-/m1/s1. The van der Waals surface area contributed by atoms with Crippen LogP contribution in [0.15, 0.2) is 42.5 Å². The SMILES string of the molecule is CCc1ccccc1Oc1cc(C#N)ccc1[C@@H](C)O. The first-order chi connectivity index (χ1) is 9.65. The van der Waals surface area contributed by atoms with Crippen molar-refractivity contribution >= 4 is 0 Å². The predicted molar refractivity (Wildman–Crippen MR) is 77.7 cm³/mol. The van der Waals surface area contributed by atoms with Gasteiger partial charge in [0.15, 0.2) is 0 Å². The number of aryl methyl sites for hydroxylation is 1. The molecule has 0 aliphatic heterocycles. The van der Waals surface area contributed by atoms with Crippen molar-refractivity contribution in [1.82, 2.24) is 0 Å². The van der Waals surface area contributed by atoms with E-state index in [1.165, 1.54) is 0 Å². The highest BCUT2D eigenvalue weighted by atomic mass is 16.5. The average molecular weight is 267 g/mol. The number of rotatable bonds is 4. The first kappa shape index (κ1) is 14.1. The smallest absolute Gasteiger partial charge is 0.134 e. The molecule has 0 saturated heterocycles. The van der Waals surface area contributed by atoms with Crippen LogP contribution in [0.1, 0.15) is 36.6 Å². The van der Waals surface area contributed by atoms with Crippen LogP contribution in [0.5, 0.6) is 11.5 Å². The molecule has 0 aromatic heterocycles. The van der Waals surface area contributed by atoms with Crippen LogP contribution in [0.2, 0.25) is 0 Å². The molecule has 0 fully saturated rings. The van der Waals surface area contributed by atoms with E-state index >= 15 is 0 Å². The summed E-state index contributed by atoms with van der Waals surface area (Å²) in [6, 6.07) is 14.9. The van der Waals surface area contributed by atoms with E-state index in [-0.39, 0.29) is 0 Å². The molecule has 0 bridgehead atoms. The van der Waals surface area contributed by atoms with Gasteiger partial charge in [0.2, 0.25) is 0 Å². The van der Waals surface area contributed by atoms with Crippen molar-refractivity contribution in [3.63, 3.8) is 0 Å². The van der Waals surface area contributed by atoms with Gasteiger partial charge in [0.25, 0.3) is 0 Å². The van der Waals surface area contributed by atoms with Gasteiger partial charge in [-0.15, -0.1) is 0 Å². The molecule has 0 spiro atoms. The highest BCUT2D eigenvalue weighted by Gasteiger charge is 2.12. The lowest BCUT2D eigenvalue weighted by Gasteiger charge is -2.15. The van der Waals surface area contributed by atoms with E-state index in [0.717, 1.165) is 17.7 Å². The summed E-state index contributed by atoms with van der Waals surface area (Å²) in [5, 5.41) is 18.8. The number of ether oxygens (including phenoxy) is 1. The van der Waals surface area contributed by atoms with Crippen LogP contribution in [-0.4, -0.2) is 5.11 Å². The highest BCUT2D eigenvalue weighted by Crippen LogP contribution is 2.32. The van der Waals surface area contributed by atoms with E-state index in [2.05, 4.69) is 13.0 Å². The Morgan fingerprint density at radius 3 is 2.60 bits per heavy atom. The summed E-state index contributed by atoms with van der Waals surface area (Å²) in [5.41, 5.74) is 2.28. The van der Waals surface area contributed by atoms with Gasteiger partial charge in [-0.2, -0.15) is 5.26 Å². The average Bonchev–Trinajstić information content (AvgIpc) is 2.47. The molecule has 1 N–H and O–H groups in total. The number of aliphatic hydroxyl groups excluding tert-OH is 1. The van der Waals surface area contributed by atoms with Gasteiger partial charge in [-0.1, -0.05) is 31.2 Å². The zero-order valence-corrected chi connectivity index (χ0v) is 11.6. The Labute approximate surface area is 119 Å². The second kappa shape index (κ2) is 6.23. The molecule has 2 rings (SSSR count). The molecule has 20 heavy (non-hydrogen) atoms. The lowest BCUT2D eigenvalue weighted by molar-refractivity contribution is 0.195. The number of hydrogen-bond donors (Lipinski definition) is 1. The third-order valence-corrected chi connectivity index (χ3v) is 3.17. The Hall–Kier alpha value is -2.31. The van der Waals surface area contributed by atoms with Gasteiger partial charge in [0.05, 0.1) is 17.7 Å². The van der Waals surface area contributed by atoms with Crippen molar-refractivity contribution in [3.05, 3.63) is 59.2 Å². The summed E-state index contributed by atoms with van der Waals surface area (Å²) in [7, 11) is 0. The van der Waals surface area contributed by atoms with Crippen LogP contribution in [0.3, 0.4) is 0 Å². The van der Waals surface area contributed by atoms with Gasteiger partial charge in [-0.05, 0) is 37.1 Å². The minimum Gasteiger partial charge on any atom is -0.457 e.